The summed E-state index contributed by atoms with van der Waals surface area (Å²) in [6.45, 7) is 0. The molecule has 0 fully saturated rings. The van der Waals surface area contributed by atoms with E-state index in [1.54, 1.807) is 0 Å². The topological polar surface area (TPSA) is 77.8 Å². The largest absolute Gasteiger partial charge is 0.383 e. The average Bonchev–Trinajstić information content (AvgIpc) is 2.26. The summed E-state index contributed by atoms with van der Waals surface area (Å²) in [5.41, 5.74) is 13.3. The molecular formula is C11H11ClN4. The third kappa shape index (κ3) is 2.23. The van der Waals surface area contributed by atoms with Gasteiger partial charge in [0.05, 0.1) is 0 Å². The fraction of sp³-hybridized carbons (Fsp3) is 0.0909. The molecule has 1 aromatic carbocycles. The Kier molecular flexibility index (Phi) is 2.92. The lowest BCUT2D eigenvalue weighted by Crippen LogP contribution is -2.05. The van der Waals surface area contributed by atoms with E-state index in [2.05, 4.69) is 9.97 Å². The lowest BCUT2D eigenvalue weighted by Gasteiger charge is -2.07. The SMILES string of the molecule is Nc1ncnc(N)c1Cc1ccc(Cl)cc1. The Morgan fingerprint density at radius 2 is 1.56 bits per heavy atom. The lowest BCUT2D eigenvalue weighted by atomic mass is 10.1. The Labute approximate surface area is 98.3 Å². The number of nitrogens with two attached hydrogens (primary N) is 2. The van der Waals surface area contributed by atoms with Crippen molar-refractivity contribution in [2.75, 3.05) is 11.5 Å². The zero-order chi connectivity index (χ0) is 11.5. The van der Waals surface area contributed by atoms with Gasteiger partial charge >= 0.3 is 0 Å². The van der Waals surface area contributed by atoms with Crippen molar-refractivity contribution in [2.24, 2.45) is 0 Å². The van der Waals surface area contributed by atoms with Gasteiger partial charge in [-0.1, -0.05) is 23.7 Å². The van der Waals surface area contributed by atoms with Gasteiger partial charge < -0.3 is 11.5 Å². The van der Waals surface area contributed by atoms with E-state index in [9.17, 15) is 0 Å². The summed E-state index contributed by atoms with van der Waals surface area (Å²) in [6.07, 6.45) is 1.96. The summed E-state index contributed by atoms with van der Waals surface area (Å²) in [4.78, 5) is 7.83. The molecule has 4 nitrogen and oxygen atoms in total. The first-order valence-corrected chi connectivity index (χ1v) is 5.14. The van der Waals surface area contributed by atoms with Crippen molar-refractivity contribution in [1.29, 1.82) is 0 Å². The maximum atomic E-state index is 5.80. The summed E-state index contributed by atoms with van der Waals surface area (Å²) in [5, 5.41) is 0.703. The van der Waals surface area contributed by atoms with Crippen LogP contribution in [-0.2, 0) is 6.42 Å². The molecule has 0 atom stereocenters. The monoisotopic (exact) mass is 234 g/mol. The molecule has 0 unspecified atom stereocenters. The second-order valence-electron chi connectivity index (χ2n) is 3.43. The zero-order valence-corrected chi connectivity index (χ0v) is 9.28. The molecule has 0 aliphatic carbocycles. The predicted molar refractivity (Wildman–Crippen MR) is 65.1 cm³/mol. The molecule has 0 spiro atoms. The molecule has 0 bridgehead atoms. The first-order valence-electron chi connectivity index (χ1n) is 4.76. The third-order valence-electron chi connectivity index (χ3n) is 2.31. The predicted octanol–water partition coefficient (Wildman–Crippen LogP) is 1.89. The molecule has 0 saturated carbocycles. The van der Waals surface area contributed by atoms with E-state index >= 15 is 0 Å². The zero-order valence-electron chi connectivity index (χ0n) is 8.52. The fourth-order valence-electron chi connectivity index (χ4n) is 1.43. The molecule has 5 heteroatoms. The number of nitrogens with zero attached hydrogens (tertiary/aromatic N) is 2. The second-order valence-corrected chi connectivity index (χ2v) is 3.86. The van der Waals surface area contributed by atoms with Crippen LogP contribution in [0.25, 0.3) is 0 Å². The molecule has 4 N–H and O–H groups in total. The van der Waals surface area contributed by atoms with Gasteiger partial charge in [-0.2, -0.15) is 0 Å². The van der Waals surface area contributed by atoms with Crippen molar-refractivity contribution >= 4 is 23.2 Å². The number of nitrogen functional groups attached to an aromatic ring is 2. The highest BCUT2D eigenvalue weighted by Gasteiger charge is 2.07. The van der Waals surface area contributed by atoms with Gasteiger partial charge in [0.25, 0.3) is 0 Å². The molecule has 0 radical (unpaired) electrons. The van der Waals surface area contributed by atoms with Gasteiger partial charge in [-0.3, -0.25) is 0 Å². The van der Waals surface area contributed by atoms with E-state index in [0.29, 0.717) is 23.1 Å². The number of anilines is 2. The third-order valence-corrected chi connectivity index (χ3v) is 2.56. The lowest BCUT2D eigenvalue weighted by molar-refractivity contribution is 1.09. The minimum atomic E-state index is 0.419. The van der Waals surface area contributed by atoms with Crippen LogP contribution in [0.15, 0.2) is 30.6 Å². The molecule has 0 saturated heterocycles. The van der Waals surface area contributed by atoms with Gasteiger partial charge in [0.15, 0.2) is 0 Å². The second kappa shape index (κ2) is 4.37. The van der Waals surface area contributed by atoms with E-state index < -0.39 is 0 Å². The summed E-state index contributed by atoms with van der Waals surface area (Å²) < 4.78 is 0. The van der Waals surface area contributed by atoms with Crippen molar-refractivity contribution in [3.05, 3.63) is 46.7 Å². The molecule has 0 amide bonds. The molecule has 0 aliphatic rings. The average molecular weight is 235 g/mol. The van der Waals surface area contributed by atoms with Gasteiger partial charge in [0.1, 0.15) is 18.0 Å². The minimum Gasteiger partial charge on any atom is -0.383 e. The van der Waals surface area contributed by atoms with Crippen LogP contribution >= 0.6 is 11.6 Å². The van der Waals surface area contributed by atoms with Crippen molar-refractivity contribution in [3.8, 4) is 0 Å². The molecule has 0 aliphatic heterocycles. The van der Waals surface area contributed by atoms with Crippen LogP contribution in [0, 0.1) is 0 Å². The first kappa shape index (κ1) is 10.7. The van der Waals surface area contributed by atoms with E-state index in [1.807, 2.05) is 24.3 Å². The summed E-state index contributed by atoms with van der Waals surface area (Å²) >= 11 is 5.80. The molecule has 1 heterocycles. The van der Waals surface area contributed by atoms with Crippen molar-refractivity contribution < 1.29 is 0 Å². The van der Waals surface area contributed by atoms with Crippen LogP contribution in [0.5, 0.6) is 0 Å². The van der Waals surface area contributed by atoms with Crippen LogP contribution in [0.1, 0.15) is 11.1 Å². The Hall–Kier alpha value is -1.81. The summed E-state index contributed by atoms with van der Waals surface area (Å²) in [5.74, 6) is 0.838. The van der Waals surface area contributed by atoms with Crippen molar-refractivity contribution in [2.45, 2.75) is 6.42 Å². The highest BCUT2D eigenvalue weighted by atomic mass is 35.5. The number of benzene rings is 1. The quantitative estimate of drug-likeness (QED) is 0.832. The number of rotatable bonds is 2. The van der Waals surface area contributed by atoms with Crippen LogP contribution in [0.3, 0.4) is 0 Å². The maximum Gasteiger partial charge on any atom is 0.132 e. The van der Waals surface area contributed by atoms with Gasteiger partial charge in [0.2, 0.25) is 0 Å². The maximum absolute atomic E-state index is 5.80. The molecular weight excluding hydrogens is 224 g/mol. The van der Waals surface area contributed by atoms with Crippen LogP contribution < -0.4 is 11.5 Å². The highest BCUT2D eigenvalue weighted by Crippen LogP contribution is 2.19. The first-order chi connectivity index (χ1) is 7.66. The van der Waals surface area contributed by atoms with Gasteiger partial charge in [0, 0.05) is 17.0 Å². The molecule has 1 aromatic heterocycles. The normalized spacial score (nSPS) is 10.3. The van der Waals surface area contributed by atoms with Crippen LogP contribution in [0.4, 0.5) is 11.6 Å². The number of hydrogen-bond acceptors (Lipinski definition) is 4. The Balaban J connectivity index is 2.30. The smallest absolute Gasteiger partial charge is 0.132 e. The van der Waals surface area contributed by atoms with Crippen LogP contribution in [-0.4, -0.2) is 9.97 Å². The Morgan fingerprint density at radius 3 is 2.12 bits per heavy atom. The molecule has 2 rings (SSSR count). The van der Waals surface area contributed by atoms with Crippen LogP contribution in [0.2, 0.25) is 5.02 Å². The summed E-state index contributed by atoms with van der Waals surface area (Å²) in [6, 6.07) is 7.50. The fourth-order valence-corrected chi connectivity index (χ4v) is 1.55. The standard InChI is InChI=1S/C11H11ClN4/c12-8-3-1-7(2-4-8)5-9-10(13)15-6-16-11(9)14/h1-4,6H,5H2,(H4,13,14,15,16). The van der Waals surface area contributed by atoms with E-state index in [0.717, 1.165) is 11.1 Å². The number of halogens is 1. The van der Waals surface area contributed by atoms with Gasteiger partial charge in [-0.25, -0.2) is 9.97 Å². The van der Waals surface area contributed by atoms with Crippen molar-refractivity contribution in [3.63, 3.8) is 0 Å². The minimum absolute atomic E-state index is 0.419. The highest BCUT2D eigenvalue weighted by molar-refractivity contribution is 6.30. The number of hydrogen-bond donors (Lipinski definition) is 2. The molecule has 2 aromatic rings. The number of aromatic nitrogens is 2. The Morgan fingerprint density at radius 1 is 1.00 bits per heavy atom. The van der Waals surface area contributed by atoms with E-state index in [1.165, 1.54) is 6.33 Å². The van der Waals surface area contributed by atoms with E-state index in [-0.39, 0.29) is 0 Å². The van der Waals surface area contributed by atoms with Gasteiger partial charge in [-0.15, -0.1) is 0 Å². The molecule has 82 valence electrons. The van der Waals surface area contributed by atoms with E-state index in [4.69, 9.17) is 23.1 Å². The van der Waals surface area contributed by atoms with Crippen molar-refractivity contribution in [1.82, 2.24) is 9.97 Å². The molecule has 16 heavy (non-hydrogen) atoms. The Bertz CT molecular complexity index is 476. The van der Waals surface area contributed by atoms with Gasteiger partial charge in [-0.05, 0) is 17.7 Å². The summed E-state index contributed by atoms with van der Waals surface area (Å²) in [7, 11) is 0.